The zero-order valence-corrected chi connectivity index (χ0v) is 12.0. The van der Waals surface area contributed by atoms with Crippen LogP contribution in [0.15, 0.2) is 0 Å². The Morgan fingerprint density at radius 3 is 2.83 bits per heavy atom. The van der Waals surface area contributed by atoms with E-state index in [1.54, 1.807) is 0 Å². The van der Waals surface area contributed by atoms with Crippen molar-refractivity contribution in [3.8, 4) is 0 Å². The molecule has 1 N–H and O–H groups in total. The van der Waals surface area contributed by atoms with Crippen molar-refractivity contribution in [2.75, 3.05) is 39.3 Å². The Balaban J connectivity index is 1.53. The molecule has 1 saturated carbocycles. The van der Waals surface area contributed by atoms with Crippen molar-refractivity contribution >= 4 is 0 Å². The van der Waals surface area contributed by atoms with Crippen LogP contribution in [0.4, 0.5) is 0 Å². The first-order chi connectivity index (χ1) is 8.84. The standard InChI is InChI=1S/C15H30N2O/c1-14-13-17(9-5-11-18-14)10-8-16-12-15-6-3-2-4-7-15/h14-16H,2-13H2,1H3. The molecule has 1 aliphatic carbocycles. The van der Waals surface area contributed by atoms with Gasteiger partial charge in [0.25, 0.3) is 0 Å². The van der Waals surface area contributed by atoms with Crippen LogP contribution < -0.4 is 5.32 Å². The van der Waals surface area contributed by atoms with Crippen LogP contribution in [0, 0.1) is 5.92 Å². The van der Waals surface area contributed by atoms with Gasteiger partial charge in [0, 0.05) is 32.8 Å². The Morgan fingerprint density at radius 1 is 1.17 bits per heavy atom. The summed E-state index contributed by atoms with van der Waals surface area (Å²) in [6.07, 6.45) is 8.85. The minimum Gasteiger partial charge on any atom is -0.377 e. The second kappa shape index (κ2) is 8.13. The summed E-state index contributed by atoms with van der Waals surface area (Å²) in [5, 5.41) is 3.66. The van der Waals surface area contributed by atoms with Crippen LogP contribution in [0.5, 0.6) is 0 Å². The van der Waals surface area contributed by atoms with Crippen LogP contribution in [-0.2, 0) is 4.74 Å². The summed E-state index contributed by atoms with van der Waals surface area (Å²) in [6, 6.07) is 0. The fraction of sp³-hybridized carbons (Fsp3) is 1.00. The Bertz CT molecular complexity index is 217. The largest absolute Gasteiger partial charge is 0.377 e. The quantitative estimate of drug-likeness (QED) is 0.762. The molecule has 0 aromatic carbocycles. The van der Waals surface area contributed by atoms with Crippen molar-refractivity contribution in [2.45, 2.75) is 51.6 Å². The first-order valence-electron chi connectivity index (χ1n) is 7.89. The summed E-state index contributed by atoms with van der Waals surface area (Å²) in [5.41, 5.74) is 0. The fourth-order valence-electron chi connectivity index (χ4n) is 3.22. The Hall–Kier alpha value is -0.120. The van der Waals surface area contributed by atoms with Crippen LogP contribution in [0.25, 0.3) is 0 Å². The smallest absolute Gasteiger partial charge is 0.0673 e. The molecule has 106 valence electrons. The van der Waals surface area contributed by atoms with Gasteiger partial charge in [-0.3, -0.25) is 4.90 Å². The van der Waals surface area contributed by atoms with Crippen LogP contribution in [0.1, 0.15) is 45.4 Å². The summed E-state index contributed by atoms with van der Waals surface area (Å²) >= 11 is 0. The van der Waals surface area contributed by atoms with E-state index in [9.17, 15) is 0 Å². The third-order valence-electron chi connectivity index (χ3n) is 4.30. The molecule has 3 nitrogen and oxygen atoms in total. The maximum atomic E-state index is 5.67. The average Bonchev–Trinajstić information content (AvgIpc) is 2.60. The lowest BCUT2D eigenvalue weighted by molar-refractivity contribution is 0.0678. The second-order valence-corrected chi connectivity index (χ2v) is 6.04. The minimum atomic E-state index is 0.408. The molecule has 1 heterocycles. The molecule has 1 atom stereocenters. The summed E-state index contributed by atoms with van der Waals surface area (Å²) in [4.78, 5) is 2.55. The number of ether oxygens (including phenoxy) is 1. The molecule has 3 heteroatoms. The Kier molecular flexibility index (Phi) is 6.46. The Labute approximate surface area is 112 Å². The van der Waals surface area contributed by atoms with Crippen molar-refractivity contribution in [1.82, 2.24) is 10.2 Å². The van der Waals surface area contributed by atoms with E-state index < -0.39 is 0 Å². The number of hydrogen-bond donors (Lipinski definition) is 1. The van der Waals surface area contributed by atoms with E-state index in [2.05, 4.69) is 17.1 Å². The van der Waals surface area contributed by atoms with Gasteiger partial charge >= 0.3 is 0 Å². The normalized spacial score (nSPS) is 28.2. The van der Waals surface area contributed by atoms with Crippen LogP contribution in [0.3, 0.4) is 0 Å². The van der Waals surface area contributed by atoms with Gasteiger partial charge in [0.2, 0.25) is 0 Å². The van der Waals surface area contributed by atoms with Gasteiger partial charge in [0.15, 0.2) is 0 Å². The van der Waals surface area contributed by atoms with Crippen molar-refractivity contribution < 1.29 is 4.74 Å². The highest BCUT2D eigenvalue weighted by Gasteiger charge is 2.15. The van der Waals surface area contributed by atoms with Gasteiger partial charge in [0.1, 0.15) is 0 Å². The average molecular weight is 254 g/mol. The number of nitrogens with one attached hydrogen (secondary N) is 1. The van der Waals surface area contributed by atoms with Crippen LogP contribution in [0.2, 0.25) is 0 Å². The van der Waals surface area contributed by atoms with E-state index in [1.807, 2.05) is 0 Å². The number of rotatable bonds is 5. The van der Waals surface area contributed by atoms with E-state index in [0.717, 1.165) is 25.6 Å². The molecular weight excluding hydrogens is 224 g/mol. The molecule has 0 radical (unpaired) electrons. The first kappa shape index (κ1) is 14.3. The van der Waals surface area contributed by atoms with Gasteiger partial charge in [0.05, 0.1) is 6.10 Å². The van der Waals surface area contributed by atoms with Gasteiger partial charge in [-0.2, -0.15) is 0 Å². The van der Waals surface area contributed by atoms with E-state index in [-0.39, 0.29) is 0 Å². The maximum Gasteiger partial charge on any atom is 0.0673 e. The zero-order chi connectivity index (χ0) is 12.6. The molecular formula is C15H30N2O. The van der Waals surface area contributed by atoms with Crippen LogP contribution in [-0.4, -0.2) is 50.3 Å². The van der Waals surface area contributed by atoms with Crippen molar-refractivity contribution in [1.29, 1.82) is 0 Å². The third kappa shape index (κ3) is 5.25. The SMILES string of the molecule is CC1CN(CCNCC2CCCCC2)CCCO1. The lowest BCUT2D eigenvalue weighted by atomic mass is 9.89. The summed E-state index contributed by atoms with van der Waals surface area (Å²) in [5.74, 6) is 0.949. The van der Waals surface area contributed by atoms with E-state index >= 15 is 0 Å². The minimum absolute atomic E-state index is 0.408. The summed E-state index contributed by atoms with van der Waals surface area (Å²) in [7, 11) is 0. The molecule has 0 aromatic rings. The molecule has 0 amide bonds. The van der Waals surface area contributed by atoms with Gasteiger partial charge < -0.3 is 10.1 Å². The van der Waals surface area contributed by atoms with Gasteiger partial charge in [-0.25, -0.2) is 0 Å². The predicted molar refractivity (Wildman–Crippen MR) is 75.9 cm³/mol. The van der Waals surface area contributed by atoms with Crippen molar-refractivity contribution in [3.63, 3.8) is 0 Å². The molecule has 1 unspecified atom stereocenters. The molecule has 2 aliphatic rings. The van der Waals surface area contributed by atoms with E-state index in [4.69, 9.17) is 4.74 Å². The van der Waals surface area contributed by atoms with Gasteiger partial charge in [-0.1, -0.05) is 19.3 Å². The number of nitrogens with zero attached hydrogens (tertiary/aromatic N) is 1. The maximum absolute atomic E-state index is 5.67. The fourth-order valence-corrected chi connectivity index (χ4v) is 3.22. The van der Waals surface area contributed by atoms with E-state index in [0.29, 0.717) is 6.10 Å². The molecule has 1 aliphatic heterocycles. The van der Waals surface area contributed by atoms with Crippen molar-refractivity contribution in [2.24, 2.45) is 5.92 Å². The van der Waals surface area contributed by atoms with Crippen molar-refractivity contribution in [3.05, 3.63) is 0 Å². The molecule has 18 heavy (non-hydrogen) atoms. The van der Waals surface area contributed by atoms with Gasteiger partial charge in [-0.05, 0) is 38.6 Å². The highest BCUT2D eigenvalue weighted by Crippen LogP contribution is 2.22. The summed E-state index contributed by atoms with van der Waals surface area (Å²) in [6.45, 7) is 8.99. The predicted octanol–water partition coefficient (Wildman–Crippen LogP) is 2.27. The summed E-state index contributed by atoms with van der Waals surface area (Å²) < 4.78 is 5.67. The molecule has 0 spiro atoms. The molecule has 2 fully saturated rings. The van der Waals surface area contributed by atoms with Crippen LogP contribution >= 0.6 is 0 Å². The molecule has 2 rings (SSSR count). The zero-order valence-electron chi connectivity index (χ0n) is 12.0. The molecule has 0 bridgehead atoms. The lowest BCUT2D eigenvalue weighted by Gasteiger charge is -2.24. The first-order valence-corrected chi connectivity index (χ1v) is 7.89. The monoisotopic (exact) mass is 254 g/mol. The van der Waals surface area contributed by atoms with E-state index in [1.165, 1.54) is 58.2 Å². The molecule has 1 saturated heterocycles. The second-order valence-electron chi connectivity index (χ2n) is 6.04. The lowest BCUT2D eigenvalue weighted by Crippen LogP contribution is -2.37. The topological polar surface area (TPSA) is 24.5 Å². The van der Waals surface area contributed by atoms with Gasteiger partial charge in [-0.15, -0.1) is 0 Å². The Morgan fingerprint density at radius 2 is 2.00 bits per heavy atom. The number of hydrogen-bond acceptors (Lipinski definition) is 3. The molecule has 0 aromatic heterocycles. The highest BCUT2D eigenvalue weighted by atomic mass is 16.5. The third-order valence-corrected chi connectivity index (χ3v) is 4.30. The highest BCUT2D eigenvalue weighted by molar-refractivity contribution is 4.70.